The van der Waals surface area contributed by atoms with Crippen molar-refractivity contribution in [2.45, 2.75) is 13.0 Å². The van der Waals surface area contributed by atoms with E-state index >= 15 is 0 Å². The molecule has 0 spiro atoms. The lowest BCUT2D eigenvalue weighted by Crippen LogP contribution is -2.14. The minimum absolute atomic E-state index is 0.152. The SMILES string of the molecule is CNC(C)c1cc(N)ccc1Nc1cccc(F)c1. The summed E-state index contributed by atoms with van der Waals surface area (Å²) in [6.45, 7) is 2.05. The highest BCUT2D eigenvalue weighted by atomic mass is 19.1. The number of benzene rings is 2. The van der Waals surface area contributed by atoms with Gasteiger partial charge in [0, 0.05) is 23.1 Å². The molecule has 2 aromatic carbocycles. The fourth-order valence-electron chi connectivity index (χ4n) is 1.93. The molecule has 2 aromatic rings. The summed E-state index contributed by atoms with van der Waals surface area (Å²) in [6.07, 6.45) is 0. The van der Waals surface area contributed by atoms with Gasteiger partial charge in [-0.15, -0.1) is 0 Å². The first-order valence-electron chi connectivity index (χ1n) is 6.19. The second-order valence-electron chi connectivity index (χ2n) is 4.49. The first kappa shape index (κ1) is 13.4. The summed E-state index contributed by atoms with van der Waals surface area (Å²) in [7, 11) is 1.89. The Morgan fingerprint density at radius 2 is 1.95 bits per heavy atom. The van der Waals surface area contributed by atoms with Crippen molar-refractivity contribution in [1.82, 2.24) is 5.32 Å². The van der Waals surface area contributed by atoms with Crippen LogP contribution in [0.4, 0.5) is 21.5 Å². The lowest BCUT2D eigenvalue weighted by Gasteiger charge is -2.18. The highest BCUT2D eigenvalue weighted by Gasteiger charge is 2.09. The number of rotatable bonds is 4. The second-order valence-corrected chi connectivity index (χ2v) is 4.49. The van der Waals surface area contributed by atoms with E-state index in [1.165, 1.54) is 12.1 Å². The molecular weight excluding hydrogens is 241 g/mol. The minimum Gasteiger partial charge on any atom is -0.399 e. The predicted octanol–water partition coefficient (Wildman–Crippen LogP) is 3.43. The zero-order chi connectivity index (χ0) is 13.8. The molecule has 1 atom stereocenters. The Hall–Kier alpha value is -2.07. The van der Waals surface area contributed by atoms with Gasteiger partial charge in [0.2, 0.25) is 0 Å². The molecule has 0 aliphatic heterocycles. The molecule has 0 amide bonds. The van der Waals surface area contributed by atoms with Crippen molar-refractivity contribution >= 4 is 17.1 Å². The first-order valence-corrected chi connectivity index (χ1v) is 6.19. The number of anilines is 3. The van der Waals surface area contributed by atoms with E-state index in [-0.39, 0.29) is 11.9 Å². The van der Waals surface area contributed by atoms with Gasteiger partial charge < -0.3 is 16.4 Å². The van der Waals surface area contributed by atoms with Crippen LogP contribution in [0, 0.1) is 5.82 Å². The van der Waals surface area contributed by atoms with Gasteiger partial charge >= 0.3 is 0 Å². The van der Waals surface area contributed by atoms with E-state index in [1.54, 1.807) is 6.07 Å². The molecule has 0 fully saturated rings. The van der Waals surface area contributed by atoms with Crippen LogP contribution in [0.1, 0.15) is 18.5 Å². The summed E-state index contributed by atoms with van der Waals surface area (Å²) in [5.41, 5.74) is 9.22. The van der Waals surface area contributed by atoms with Gasteiger partial charge in [0.05, 0.1) is 0 Å². The third kappa shape index (κ3) is 3.23. The van der Waals surface area contributed by atoms with Crippen molar-refractivity contribution in [2.24, 2.45) is 0 Å². The van der Waals surface area contributed by atoms with Gasteiger partial charge in [0.15, 0.2) is 0 Å². The molecule has 0 bridgehead atoms. The number of nitrogens with one attached hydrogen (secondary N) is 2. The van der Waals surface area contributed by atoms with Gasteiger partial charge in [-0.05, 0) is 55.9 Å². The van der Waals surface area contributed by atoms with Crippen LogP contribution in [0.25, 0.3) is 0 Å². The average Bonchev–Trinajstić information content (AvgIpc) is 2.40. The fraction of sp³-hybridized carbons (Fsp3) is 0.200. The Morgan fingerprint density at radius 1 is 1.16 bits per heavy atom. The standard InChI is InChI=1S/C15H18FN3/c1-10(18-2)14-9-12(17)6-7-15(14)19-13-5-3-4-11(16)8-13/h3-10,18-19H,17H2,1-2H3. The van der Waals surface area contributed by atoms with E-state index in [9.17, 15) is 4.39 Å². The van der Waals surface area contributed by atoms with Crippen molar-refractivity contribution in [1.29, 1.82) is 0 Å². The molecule has 1 unspecified atom stereocenters. The van der Waals surface area contributed by atoms with Crippen molar-refractivity contribution < 1.29 is 4.39 Å². The summed E-state index contributed by atoms with van der Waals surface area (Å²) >= 11 is 0. The largest absolute Gasteiger partial charge is 0.399 e. The molecule has 0 aliphatic carbocycles. The van der Waals surface area contributed by atoms with E-state index in [0.717, 1.165) is 11.3 Å². The third-order valence-corrected chi connectivity index (χ3v) is 3.08. The van der Waals surface area contributed by atoms with Gasteiger partial charge in [-0.1, -0.05) is 6.07 Å². The summed E-state index contributed by atoms with van der Waals surface area (Å²) in [5.74, 6) is -0.260. The average molecular weight is 259 g/mol. The maximum Gasteiger partial charge on any atom is 0.125 e. The number of halogens is 1. The molecule has 19 heavy (non-hydrogen) atoms. The first-order chi connectivity index (χ1) is 9.10. The van der Waals surface area contributed by atoms with Crippen LogP contribution in [-0.4, -0.2) is 7.05 Å². The Bertz CT molecular complexity index is 569. The monoisotopic (exact) mass is 259 g/mol. The van der Waals surface area contributed by atoms with Crippen molar-refractivity contribution in [3.8, 4) is 0 Å². The Labute approximate surface area is 112 Å². The van der Waals surface area contributed by atoms with Gasteiger partial charge in [0.1, 0.15) is 5.82 Å². The van der Waals surface area contributed by atoms with Gasteiger partial charge in [-0.2, -0.15) is 0 Å². The Balaban J connectivity index is 2.34. The van der Waals surface area contributed by atoms with Crippen molar-refractivity contribution in [3.63, 3.8) is 0 Å². The molecule has 4 heteroatoms. The molecular formula is C15H18FN3. The van der Waals surface area contributed by atoms with Crippen LogP contribution in [0.2, 0.25) is 0 Å². The van der Waals surface area contributed by atoms with E-state index < -0.39 is 0 Å². The second kappa shape index (κ2) is 5.71. The third-order valence-electron chi connectivity index (χ3n) is 3.08. The van der Waals surface area contributed by atoms with Crippen molar-refractivity contribution in [3.05, 3.63) is 53.8 Å². The molecule has 0 saturated heterocycles. The molecule has 0 aromatic heterocycles. The molecule has 0 radical (unpaired) electrons. The predicted molar refractivity (Wildman–Crippen MR) is 78.0 cm³/mol. The molecule has 2 rings (SSSR count). The van der Waals surface area contributed by atoms with E-state index in [1.807, 2.05) is 38.2 Å². The number of hydrogen-bond donors (Lipinski definition) is 3. The lowest BCUT2D eigenvalue weighted by molar-refractivity contribution is 0.628. The number of nitrogens with two attached hydrogens (primary N) is 1. The molecule has 0 aliphatic rings. The van der Waals surface area contributed by atoms with Crippen LogP contribution in [0.3, 0.4) is 0 Å². The van der Waals surface area contributed by atoms with Crippen molar-refractivity contribution in [2.75, 3.05) is 18.1 Å². The Kier molecular flexibility index (Phi) is 4.02. The van der Waals surface area contributed by atoms with Crippen LogP contribution >= 0.6 is 0 Å². The number of hydrogen-bond acceptors (Lipinski definition) is 3. The highest BCUT2D eigenvalue weighted by molar-refractivity contribution is 5.66. The molecule has 100 valence electrons. The molecule has 0 saturated carbocycles. The van der Waals surface area contributed by atoms with Crippen LogP contribution in [0.5, 0.6) is 0 Å². The topological polar surface area (TPSA) is 50.1 Å². The lowest BCUT2D eigenvalue weighted by atomic mass is 10.0. The highest BCUT2D eigenvalue weighted by Crippen LogP contribution is 2.28. The Morgan fingerprint density at radius 3 is 2.63 bits per heavy atom. The summed E-state index contributed by atoms with van der Waals surface area (Å²) < 4.78 is 13.2. The van der Waals surface area contributed by atoms with Crippen LogP contribution in [-0.2, 0) is 0 Å². The van der Waals surface area contributed by atoms with Gasteiger partial charge in [-0.3, -0.25) is 0 Å². The molecule has 4 N–H and O–H groups in total. The molecule has 3 nitrogen and oxygen atoms in total. The maximum absolute atomic E-state index is 13.2. The quantitative estimate of drug-likeness (QED) is 0.737. The maximum atomic E-state index is 13.2. The van der Waals surface area contributed by atoms with E-state index in [4.69, 9.17) is 5.73 Å². The van der Waals surface area contributed by atoms with E-state index in [2.05, 4.69) is 10.6 Å². The number of nitrogen functional groups attached to an aromatic ring is 1. The fourth-order valence-corrected chi connectivity index (χ4v) is 1.93. The zero-order valence-electron chi connectivity index (χ0n) is 11.1. The normalized spacial score (nSPS) is 12.2. The smallest absolute Gasteiger partial charge is 0.125 e. The summed E-state index contributed by atoms with van der Waals surface area (Å²) in [5, 5.41) is 6.40. The zero-order valence-corrected chi connectivity index (χ0v) is 11.1. The van der Waals surface area contributed by atoms with Gasteiger partial charge in [0.25, 0.3) is 0 Å². The summed E-state index contributed by atoms with van der Waals surface area (Å²) in [4.78, 5) is 0. The van der Waals surface area contributed by atoms with Gasteiger partial charge in [-0.25, -0.2) is 4.39 Å². The summed E-state index contributed by atoms with van der Waals surface area (Å²) in [6, 6.07) is 12.2. The van der Waals surface area contributed by atoms with Crippen LogP contribution in [0.15, 0.2) is 42.5 Å². The van der Waals surface area contributed by atoms with E-state index in [0.29, 0.717) is 11.4 Å². The molecule has 0 heterocycles. The minimum atomic E-state index is -0.260. The van der Waals surface area contributed by atoms with Crippen LogP contribution < -0.4 is 16.4 Å².